The fourth-order valence-electron chi connectivity index (χ4n) is 13.2. The monoisotopic (exact) mass is 1260 g/mol. The van der Waals surface area contributed by atoms with Gasteiger partial charge in [-0.1, -0.05) is 255 Å². The van der Waals surface area contributed by atoms with Crippen LogP contribution in [0, 0.1) is 0 Å². The Morgan fingerprint density at radius 1 is 0.194 bits per heavy atom. The van der Waals surface area contributed by atoms with E-state index in [4.69, 9.17) is 47.6 Å². The van der Waals surface area contributed by atoms with Crippen LogP contribution < -0.4 is 0 Å². The maximum atomic E-state index is 6.60. The number of para-hydroxylation sites is 6. The molecule has 0 saturated heterocycles. The van der Waals surface area contributed by atoms with Gasteiger partial charge in [0.1, 0.15) is 33.4 Å². The van der Waals surface area contributed by atoms with Gasteiger partial charge >= 0.3 is 0 Å². The van der Waals surface area contributed by atoms with Crippen LogP contribution in [-0.2, 0) is 0 Å². The molecule has 19 aromatic rings. The first kappa shape index (κ1) is 57.2. The van der Waals surface area contributed by atoms with E-state index in [0.717, 1.165) is 161 Å². The molecule has 10 nitrogen and oxygen atoms in total. The van der Waals surface area contributed by atoms with Gasteiger partial charge in [0.2, 0.25) is 11.8 Å². The molecule has 0 aliphatic carbocycles. The Balaban J connectivity index is 0.000000143. The third-order valence-corrected chi connectivity index (χ3v) is 17.9. The zero-order valence-corrected chi connectivity index (χ0v) is 52.5. The second kappa shape index (κ2) is 24.5. The normalized spacial score (nSPS) is 11.5. The van der Waals surface area contributed by atoms with Gasteiger partial charge in [-0.3, -0.25) is 0 Å². The number of benzene rings is 13. The molecular formula is C88H54N6O4. The standard InChI is InChI=1S/C47H29N3O2.C41H25N3O2/c1-3-12-30(13-4-1)32-24-26-33(27-25-32)40-29-41(49-46(48-40)35-17-9-16-34(28-35)31-14-5-2-6-15-31)36-18-11-23-43-44(36)37-19-10-20-38(45(37)51-43)47-50-39-21-7-8-22-42(39)52-47;1-3-12-26(13-4-1)28-16-9-17-29(24-28)34-25-35(43-40(42-34)27-14-5-2-6-15-27)30-18-11-23-37-38(30)31-19-10-20-32(39(31)45-37)41-44-33-21-7-8-22-36(33)46-41/h1-29H;1-25H. The summed E-state index contributed by atoms with van der Waals surface area (Å²) in [6.07, 6.45) is 0. The second-order valence-electron chi connectivity index (χ2n) is 24.0. The Bertz CT molecular complexity index is 6110. The summed E-state index contributed by atoms with van der Waals surface area (Å²) in [5, 5.41) is 3.89. The molecule has 6 heterocycles. The molecule has 0 amide bonds. The number of furan rings is 2. The predicted octanol–water partition coefficient (Wildman–Crippen LogP) is 23.4. The van der Waals surface area contributed by atoms with E-state index in [1.54, 1.807) is 0 Å². The largest absolute Gasteiger partial charge is 0.455 e. The minimum atomic E-state index is 0.524. The molecule has 0 spiro atoms. The molecule has 460 valence electrons. The van der Waals surface area contributed by atoms with Gasteiger partial charge in [0.05, 0.1) is 33.9 Å². The van der Waals surface area contributed by atoms with Crippen LogP contribution in [0.4, 0.5) is 0 Å². The number of hydrogen-bond donors (Lipinski definition) is 0. The van der Waals surface area contributed by atoms with Crippen molar-refractivity contribution in [3.05, 3.63) is 328 Å². The fourth-order valence-corrected chi connectivity index (χ4v) is 13.2. The van der Waals surface area contributed by atoms with E-state index in [1.165, 1.54) is 5.56 Å². The maximum absolute atomic E-state index is 6.60. The first-order valence-corrected chi connectivity index (χ1v) is 32.5. The fraction of sp³-hybridized carbons (Fsp3) is 0. The second-order valence-corrected chi connectivity index (χ2v) is 24.0. The lowest BCUT2D eigenvalue weighted by molar-refractivity contribution is 0.614. The molecule has 0 fully saturated rings. The first-order valence-electron chi connectivity index (χ1n) is 32.5. The Hall–Kier alpha value is -13.4. The van der Waals surface area contributed by atoms with Gasteiger partial charge in [-0.15, -0.1) is 0 Å². The van der Waals surface area contributed by atoms with Gasteiger partial charge in [-0.25, -0.2) is 29.9 Å². The van der Waals surface area contributed by atoms with Gasteiger partial charge in [-0.05, 0) is 106 Å². The molecular weight excluding hydrogens is 1210 g/mol. The van der Waals surface area contributed by atoms with Crippen LogP contribution in [0.3, 0.4) is 0 Å². The van der Waals surface area contributed by atoms with Crippen molar-refractivity contribution in [2.75, 3.05) is 0 Å². The highest BCUT2D eigenvalue weighted by molar-refractivity contribution is 6.16. The zero-order valence-electron chi connectivity index (χ0n) is 52.5. The predicted molar refractivity (Wildman–Crippen MR) is 394 cm³/mol. The number of oxazole rings is 2. The molecule has 0 radical (unpaired) electrons. The van der Waals surface area contributed by atoms with Crippen LogP contribution in [0.25, 0.3) is 190 Å². The van der Waals surface area contributed by atoms with Gasteiger partial charge in [0.15, 0.2) is 22.8 Å². The van der Waals surface area contributed by atoms with Crippen molar-refractivity contribution >= 4 is 66.1 Å². The SMILES string of the molecule is c1ccc(-c2ccc(-c3cc(-c4cccc5oc6c(-c7nc8ccccc8o7)cccc6c45)nc(-c4cccc(-c5ccccc5)c4)n3)cc2)cc1.c1ccc(-c2cccc(-c3cc(-c4cccc5oc6c(-c7nc8ccccc8o7)cccc6c45)nc(-c4ccccc4)n3)c2)cc1. The van der Waals surface area contributed by atoms with Crippen LogP contribution in [0.5, 0.6) is 0 Å². The molecule has 0 aliphatic rings. The molecule has 0 saturated carbocycles. The number of hydrogen-bond acceptors (Lipinski definition) is 10. The van der Waals surface area contributed by atoms with E-state index in [0.29, 0.717) is 23.4 Å². The molecule has 0 aliphatic heterocycles. The zero-order chi connectivity index (χ0) is 64.9. The molecule has 10 heteroatoms. The van der Waals surface area contributed by atoms with Crippen molar-refractivity contribution in [1.82, 2.24) is 29.9 Å². The highest BCUT2D eigenvalue weighted by Gasteiger charge is 2.24. The van der Waals surface area contributed by atoms with E-state index in [-0.39, 0.29) is 0 Å². The van der Waals surface area contributed by atoms with Gasteiger partial charge in [-0.2, -0.15) is 0 Å². The van der Waals surface area contributed by atoms with E-state index in [1.807, 2.05) is 146 Å². The summed E-state index contributed by atoms with van der Waals surface area (Å²) in [4.78, 5) is 30.2. The van der Waals surface area contributed by atoms with Crippen molar-refractivity contribution in [3.63, 3.8) is 0 Å². The van der Waals surface area contributed by atoms with Crippen LogP contribution >= 0.6 is 0 Å². The third kappa shape index (κ3) is 10.7. The Morgan fingerprint density at radius 2 is 0.531 bits per heavy atom. The lowest BCUT2D eigenvalue weighted by Crippen LogP contribution is -1.96. The van der Waals surface area contributed by atoms with E-state index < -0.39 is 0 Å². The Kier molecular flexibility index (Phi) is 14.3. The lowest BCUT2D eigenvalue weighted by Gasteiger charge is -2.12. The molecule has 0 bridgehead atoms. The average molecular weight is 1260 g/mol. The van der Waals surface area contributed by atoms with Crippen molar-refractivity contribution in [2.45, 2.75) is 0 Å². The van der Waals surface area contributed by atoms with Crippen molar-refractivity contribution in [2.24, 2.45) is 0 Å². The molecule has 6 aromatic heterocycles. The van der Waals surface area contributed by atoms with Crippen molar-refractivity contribution in [1.29, 1.82) is 0 Å². The average Bonchev–Trinajstić information content (AvgIpc) is 1.58. The highest BCUT2D eigenvalue weighted by atomic mass is 16.4. The minimum absolute atomic E-state index is 0.524. The molecule has 98 heavy (non-hydrogen) atoms. The van der Waals surface area contributed by atoms with Gasteiger partial charge in [0, 0.05) is 54.9 Å². The quantitative estimate of drug-likeness (QED) is 0.123. The summed E-state index contributed by atoms with van der Waals surface area (Å²) in [5.41, 5.74) is 23.7. The third-order valence-electron chi connectivity index (χ3n) is 17.9. The number of nitrogens with zero attached hydrogens (tertiary/aromatic N) is 6. The van der Waals surface area contributed by atoms with E-state index in [2.05, 4.69) is 182 Å². The summed E-state index contributed by atoms with van der Waals surface area (Å²) in [5.74, 6) is 2.36. The van der Waals surface area contributed by atoms with Crippen LogP contribution in [-0.4, -0.2) is 29.9 Å². The van der Waals surface area contributed by atoms with E-state index >= 15 is 0 Å². The summed E-state index contributed by atoms with van der Waals surface area (Å²) in [6.45, 7) is 0. The summed E-state index contributed by atoms with van der Waals surface area (Å²) < 4.78 is 25.5. The van der Waals surface area contributed by atoms with E-state index in [9.17, 15) is 0 Å². The van der Waals surface area contributed by atoms with Gasteiger partial charge in [0.25, 0.3) is 0 Å². The summed E-state index contributed by atoms with van der Waals surface area (Å²) in [7, 11) is 0. The molecule has 0 N–H and O–H groups in total. The molecule has 0 atom stereocenters. The van der Waals surface area contributed by atoms with Crippen LogP contribution in [0.15, 0.2) is 345 Å². The number of fused-ring (bicyclic) bond motifs is 8. The topological polar surface area (TPSA) is 130 Å². The van der Waals surface area contributed by atoms with Crippen LogP contribution in [0.2, 0.25) is 0 Å². The van der Waals surface area contributed by atoms with Crippen LogP contribution in [0.1, 0.15) is 0 Å². The summed E-state index contributed by atoms with van der Waals surface area (Å²) in [6, 6.07) is 111. The Morgan fingerprint density at radius 3 is 1.03 bits per heavy atom. The van der Waals surface area contributed by atoms with Crippen molar-refractivity contribution < 1.29 is 17.7 Å². The Labute approximate surface area is 562 Å². The highest BCUT2D eigenvalue weighted by Crippen LogP contribution is 2.44. The molecule has 19 rings (SSSR count). The number of rotatable bonds is 11. The van der Waals surface area contributed by atoms with Gasteiger partial charge < -0.3 is 17.7 Å². The first-order chi connectivity index (χ1) is 48.5. The maximum Gasteiger partial charge on any atom is 0.231 e. The smallest absolute Gasteiger partial charge is 0.231 e. The minimum Gasteiger partial charge on any atom is -0.455 e. The molecule has 13 aromatic carbocycles. The molecule has 0 unspecified atom stereocenters. The number of aromatic nitrogens is 6. The summed E-state index contributed by atoms with van der Waals surface area (Å²) >= 11 is 0. The van der Waals surface area contributed by atoms with Crippen molar-refractivity contribution in [3.8, 4) is 124 Å². The lowest BCUT2D eigenvalue weighted by atomic mass is 9.99.